The van der Waals surface area contributed by atoms with Gasteiger partial charge in [-0.2, -0.15) is 0 Å². The van der Waals surface area contributed by atoms with Crippen molar-refractivity contribution in [2.24, 2.45) is 0 Å². The molecule has 0 radical (unpaired) electrons. The van der Waals surface area contributed by atoms with Gasteiger partial charge in [0, 0.05) is 18.5 Å². The van der Waals surface area contributed by atoms with E-state index >= 15 is 0 Å². The standard InChI is InChI=1S/C17H25NO3/c1-4-5-8-17(19)18-11-6-7-15(18)14-12-13(20-2)9-10-16(14)21-3/h9-10,12,15H,4-8,11H2,1-3H3. The smallest absolute Gasteiger partial charge is 0.223 e. The van der Waals surface area contributed by atoms with Crippen molar-refractivity contribution >= 4 is 5.91 Å². The van der Waals surface area contributed by atoms with Crippen LogP contribution in [0.4, 0.5) is 0 Å². The maximum atomic E-state index is 12.4. The summed E-state index contributed by atoms with van der Waals surface area (Å²) in [5.74, 6) is 1.89. The van der Waals surface area contributed by atoms with Crippen molar-refractivity contribution in [1.29, 1.82) is 0 Å². The van der Waals surface area contributed by atoms with Crippen molar-refractivity contribution in [3.05, 3.63) is 23.8 Å². The molecule has 0 saturated carbocycles. The number of unbranched alkanes of at least 4 members (excludes halogenated alkanes) is 1. The predicted octanol–water partition coefficient (Wildman–Crippen LogP) is 3.56. The van der Waals surface area contributed by atoms with Crippen LogP contribution >= 0.6 is 0 Å². The van der Waals surface area contributed by atoms with Gasteiger partial charge in [-0.15, -0.1) is 0 Å². The van der Waals surface area contributed by atoms with E-state index in [1.807, 2.05) is 23.1 Å². The van der Waals surface area contributed by atoms with Crippen LogP contribution in [0, 0.1) is 0 Å². The highest BCUT2D eigenvalue weighted by molar-refractivity contribution is 5.77. The Morgan fingerprint density at radius 2 is 2.14 bits per heavy atom. The van der Waals surface area contributed by atoms with Crippen molar-refractivity contribution in [1.82, 2.24) is 4.90 Å². The highest BCUT2D eigenvalue weighted by Gasteiger charge is 2.31. The van der Waals surface area contributed by atoms with Crippen LogP contribution < -0.4 is 9.47 Å². The number of amides is 1. The molecule has 0 aliphatic carbocycles. The number of likely N-dealkylation sites (tertiary alicyclic amines) is 1. The van der Waals surface area contributed by atoms with Crippen molar-refractivity contribution in [2.75, 3.05) is 20.8 Å². The van der Waals surface area contributed by atoms with Crippen molar-refractivity contribution in [3.63, 3.8) is 0 Å². The fourth-order valence-corrected chi connectivity index (χ4v) is 2.96. The van der Waals surface area contributed by atoms with Gasteiger partial charge in [0.05, 0.1) is 20.3 Å². The molecule has 4 heteroatoms. The number of ether oxygens (including phenoxy) is 2. The molecule has 21 heavy (non-hydrogen) atoms. The Labute approximate surface area is 127 Å². The minimum atomic E-state index is 0.111. The molecule has 1 fully saturated rings. The van der Waals surface area contributed by atoms with Gasteiger partial charge in [0.1, 0.15) is 11.5 Å². The first kappa shape index (κ1) is 15.7. The quantitative estimate of drug-likeness (QED) is 0.804. The van der Waals surface area contributed by atoms with E-state index in [9.17, 15) is 4.79 Å². The molecule has 1 aliphatic rings. The maximum absolute atomic E-state index is 12.4. The molecule has 116 valence electrons. The summed E-state index contributed by atoms with van der Waals surface area (Å²) in [6.45, 7) is 2.95. The second kappa shape index (κ2) is 7.34. The van der Waals surface area contributed by atoms with Crippen LogP contribution in [0.5, 0.6) is 11.5 Å². The summed E-state index contributed by atoms with van der Waals surface area (Å²) >= 11 is 0. The zero-order valence-electron chi connectivity index (χ0n) is 13.2. The van der Waals surface area contributed by atoms with E-state index in [1.54, 1.807) is 14.2 Å². The molecule has 1 saturated heterocycles. The van der Waals surface area contributed by atoms with Crippen molar-refractivity contribution < 1.29 is 14.3 Å². The van der Waals surface area contributed by atoms with E-state index in [4.69, 9.17) is 9.47 Å². The summed E-state index contributed by atoms with van der Waals surface area (Å²) in [5.41, 5.74) is 1.05. The van der Waals surface area contributed by atoms with Gasteiger partial charge in [-0.1, -0.05) is 13.3 Å². The van der Waals surface area contributed by atoms with E-state index in [1.165, 1.54) is 0 Å². The van der Waals surface area contributed by atoms with Gasteiger partial charge in [-0.3, -0.25) is 4.79 Å². The number of rotatable bonds is 6. The minimum absolute atomic E-state index is 0.111. The zero-order valence-corrected chi connectivity index (χ0v) is 13.2. The SMILES string of the molecule is CCCCC(=O)N1CCCC1c1cc(OC)ccc1OC. The van der Waals surface area contributed by atoms with E-state index in [0.717, 1.165) is 49.3 Å². The molecular formula is C17H25NO3. The van der Waals surface area contributed by atoms with Crippen LogP contribution in [-0.4, -0.2) is 31.6 Å². The van der Waals surface area contributed by atoms with Gasteiger partial charge in [0.15, 0.2) is 0 Å². The molecule has 1 atom stereocenters. The Balaban J connectivity index is 2.24. The van der Waals surface area contributed by atoms with Crippen LogP contribution in [-0.2, 0) is 4.79 Å². The third kappa shape index (κ3) is 3.49. The molecule has 0 bridgehead atoms. The molecule has 1 heterocycles. The maximum Gasteiger partial charge on any atom is 0.223 e. The van der Waals surface area contributed by atoms with Gasteiger partial charge in [-0.05, 0) is 37.5 Å². The summed E-state index contributed by atoms with van der Waals surface area (Å²) in [6.07, 6.45) is 4.67. The van der Waals surface area contributed by atoms with E-state index in [0.29, 0.717) is 6.42 Å². The third-order valence-corrected chi connectivity index (χ3v) is 4.11. The molecule has 0 N–H and O–H groups in total. The number of hydrogen-bond donors (Lipinski definition) is 0. The topological polar surface area (TPSA) is 38.8 Å². The lowest BCUT2D eigenvalue weighted by Gasteiger charge is -2.26. The highest BCUT2D eigenvalue weighted by Crippen LogP contribution is 2.39. The summed E-state index contributed by atoms with van der Waals surface area (Å²) in [4.78, 5) is 14.4. The second-order valence-corrected chi connectivity index (χ2v) is 5.46. The number of carbonyl (C=O) groups excluding carboxylic acids is 1. The van der Waals surface area contributed by atoms with Gasteiger partial charge >= 0.3 is 0 Å². The lowest BCUT2D eigenvalue weighted by Crippen LogP contribution is -2.30. The minimum Gasteiger partial charge on any atom is -0.497 e. The summed E-state index contributed by atoms with van der Waals surface area (Å²) < 4.78 is 10.8. The first-order valence-electron chi connectivity index (χ1n) is 7.72. The summed E-state index contributed by atoms with van der Waals surface area (Å²) in [6, 6.07) is 5.91. The van der Waals surface area contributed by atoms with Gasteiger partial charge in [0.25, 0.3) is 0 Å². The Kier molecular flexibility index (Phi) is 5.48. The van der Waals surface area contributed by atoms with Crippen LogP contribution in [0.2, 0.25) is 0 Å². The van der Waals surface area contributed by atoms with Gasteiger partial charge in [-0.25, -0.2) is 0 Å². The normalized spacial score (nSPS) is 17.9. The largest absolute Gasteiger partial charge is 0.497 e. The van der Waals surface area contributed by atoms with E-state index < -0.39 is 0 Å². The molecule has 1 amide bonds. The lowest BCUT2D eigenvalue weighted by atomic mass is 10.0. The Morgan fingerprint density at radius 3 is 2.81 bits per heavy atom. The van der Waals surface area contributed by atoms with Crippen molar-refractivity contribution in [2.45, 2.75) is 45.1 Å². The molecule has 1 aromatic carbocycles. The highest BCUT2D eigenvalue weighted by atomic mass is 16.5. The Bertz CT molecular complexity index is 487. The Morgan fingerprint density at radius 1 is 1.33 bits per heavy atom. The van der Waals surface area contributed by atoms with Crippen molar-refractivity contribution in [3.8, 4) is 11.5 Å². The first-order valence-corrected chi connectivity index (χ1v) is 7.72. The summed E-state index contributed by atoms with van der Waals surface area (Å²) in [7, 11) is 3.33. The number of methoxy groups -OCH3 is 2. The van der Waals surface area contributed by atoms with Gasteiger partial charge in [0.2, 0.25) is 5.91 Å². The summed E-state index contributed by atoms with van der Waals surface area (Å²) in [5, 5.41) is 0. The molecule has 1 aromatic rings. The van der Waals surface area contributed by atoms with Crippen LogP contribution in [0.1, 0.15) is 50.6 Å². The Hall–Kier alpha value is -1.71. The predicted molar refractivity (Wildman–Crippen MR) is 82.8 cm³/mol. The third-order valence-electron chi connectivity index (χ3n) is 4.11. The van der Waals surface area contributed by atoms with Crippen LogP contribution in [0.3, 0.4) is 0 Å². The van der Waals surface area contributed by atoms with Crippen LogP contribution in [0.25, 0.3) is 0 Å². The number of benzene rings is 1. The molecule has 2 rings (SSSR count). The van der Waals surface area contributed by atoms with Crippen LogP contribution in [0.15, 0.2) is 18.2 Å². The lowest BCUT2D eigenvalue weighted by molar-refractivity contribution is -0.132. The molecular weight excluding hydrogens is 266 g/mol. The molecule has 0 aromatic heterocycles. The molecule has 1 unspecified atom stereocenters. The number of nitrogens with zero attached hydrogens (tertiary/aromatic N) is 1. The monoisotopic (exact) mass is 291 g/mol. The fourth-order valence-electron chi connectivity index (χ4n) is 2.96. The fraction of sp³-hybridized carbons (Fsp3) is 0.588. The number of hydrogen-bond acceptors (Lipinski definition) is 3. The number of carbonyl (C=O) groups is 1. The zero-order chi connectivity index (χ0) is 15.2. The second-order valence-electron chi connectivity index (χ2n) is 5.46. The first-order chi connectivity index (χ1) is 10.2. The van der Waals surface area contributed by atoms with Gasteiger partial charge < -0.3 is 14.4 Å². The molecule has 4 nitrogen and oxygen atoms in total. The van der Waals surface area contributed by atoms with E-state index in [-0.39, 0.29) is 11.9 Å². The van der Waals surface area contributed by atoms with E-state index in [2.05, 4.69) is 6.92 Å². The molecule has 0 spiro atoms. The molecule has 1 aliphatic heterocycles. The average molecular weight is 291 g/mol. The average Bonchev–Trinajstić information content (AvgIpc) is 3.01.